The van der Waals surface area contributed by atoms with Crippen LogP contribution in [0.4, 0.5) is 0 Å². The normalized spacial score (nSPS) is 11.8. The van der Waals surface area contributed by atoms with Crippen molar-refractivity contribution in [1.82, 2.24) is 19.7 Å². The Balaban J connectivity index is 2.63. The number of H-pyrrole nitrogens is 1. The maximum atomic E-state index is 11.7. The number of nitrogens with one attached hydrogen (secondary N) is 1. The quantitative estimate of drug-likeness (QED) is 0.834. The first-order valence-electron chi connectivity index (χ1n) is 5.90. The number of aryl methyl sites for hydroxylation is 1. The molecule has 18 heavy (non-hydrogen) atoms. The number of hydrogen-bond acceptors (Lipinski definition) is 3. The highest BCUT2D eigenvalue weighted by atomic mass is 16.1. The zero-order valence-corrected chi connectivity index (χ0v) is 11.4. The van der Waals surface area contributed by atoms with Crippen LogP contribution in [0.15, 0.2) is 17.1 Å². The van der Waals surface area contributed by atoms with Crippen LogP contribution < -0.4 is 5.56 Å². The molecule has 2 heterocycles. The zero-order valence-electron chi connectivity index (χ0n) is 11.4. The van der Waals surface area contributed by atoms with Gasteiger partial charge in [0.2, 0.25) is 0 Å². The lowest BCUT2D eigenvalue weighted by atomic mass is 9.92. The largest absolute Gasteiger partial charge is 0.306 e. The van der Waals surface area contributed by atoms with Gasteiger partial charge in [-0.05, 0) is 6.92 Å². The van der Waals surface area contributed by atoms with Crippen molar-refractivity contribution >= 4 is 0 Å². The molecule has 5 heteroatoms. The number of aromatic nitrogens is 4. The molecule has 0 bridgehead atoms. The van der Waals surface area contributed by atoms with Gasteiger partial charge in [-0.25, -0.2) is 4.98 Å². The highest BCUT2D eigenvalue weighted by Crippen LogP contribution is 2.22. The van der Waals surface area contributed by atoms with Crippen molar-refractivity contribution in [3.8, 4) is 11.4 Å². The average molecular weight is 246 g/mol. The average Bonchev–Trinajstić information content (AvgIpc) is 2.58. The van der Waals surface area contributed by atoms with E-state index >= 15 is 0 Å². The molecule has 0 radical (unpaired) electrons. The molecule has 0 aromatic carbocycles. The third-order valence-corrected chi connectivity index (χ3v) is 3.00. The summed E-state index contributed by atoms with van der Waals surface area (Å²) in [5.41, 5.74) is 2.33. The molecule has 5 nitrogen and oxygen atoms in total. The summed E-state index contributed by atoms with van der Waals surface area (Å²) >= 11 is 0. The van der Waals surface area contributed by atoms with Crippen molar-refractivity contribution in [2.24, 2.45) is 7.05 Å². The number of rotatable bonds is 1. The summed E-state index contributed by atoms with van der Waals surface area (Å²) in [5.74, 6) is 0.582. The Morgan fingerprint density at radius 3 is 2.50 bits per heavy atom. The van der Waals surface area contributed by atoms with Crippen LogP contribution in [-0.4, -0.2) is 19.7 Å². The van der Waals surface area contributed by atoms with Gasteiger partial charge in [-0.3, -0.25) is 9.48 Å². The van der Waals surface area contributed by atoms with Gasteiger partial charge in [0.25, 0.3) is 5.56 Å². The fourth-order valence-electron chi connectivity index (χ4n) is 1.70. The summed E-state index contributed by atoms with van der Waals surface area (Å²) in [5, 5.41) is 4.17. The van der Waals surface area contributed by atoms with Crippen molar-refractivity contribution in [1.29, 1.82) is 0 Å². The van der Waals surface area contributed by atoms with Crippen LogP contribution in [0.2, 0.25) is 0 Å². The standard InChI is InChI=1S/C13H18N4O/c1-8-9(7-14-17(8)5)12-15-10(13(2,3)4)6-11(18)16-12/h6-7H,1-5H3,(H,15,16,18). The Bertz CT molecular complexity index is 631. The number of hydrogen-bond donors (Lipinski definition) is 1. The van der Waals surface area contributed by atoms with Crippen molar-refractivity contribution in [3.05, 3.63) is 34.0 Å². The van der Waals surface area contributed by atoms with Gasteiger partial charge in [-0.1, -0.05) is 20.8 Å². The molecule has 96 valence electrons. The molecule has 2 aromatic rings. The van der Waals surface area contributed by atoms with E-state index in [0.29, 0.717) is 5.82 Å². The fraction of sp³-hybridized carbons (Fsp3) is 0.462. The molecule has 2 rings (SSSR count). The molecule has 2 aromatic heterocycles. The summed E-state index contributed by atoms with van der Waals surface area (Å²) in [6.07, 6.45) is 1.72. The van der Waals surface area contributed by atoms with E-state index in [1.54, 1.807) is 16.9 Å². The van der Waals surface area contributed by atoms with Gasteiger partial charge in [0.15, 0.2) is 0 Å². The lowest BCUT2D eigenvalue weighted by Gasteiger charge is -2.17. The molecule has 1 N–H and O–H groups in total. The Labute approximate surface area is 106 Å². The third-order valence-electron chi connectivity index (χ3n) is 3.00. The van der Waals surface area contributed by atoms with Crippen LogP contribution in [0.1, 0.15) is 32.2 Å². The molecular formula is C13H18N4O. The topological polar surface area (TPSA) is 63.6 Å². The molecule has 0 fully saturated rings. The third kappa shape index (κ3) is 2.20. The monoisotopic (exact) mass is 246 g/mol. The van der Waals surface area contributed by atoms with Crippen LogP contribution in [0.5, 0.6) is 0 Å². The van der Waals surface area contributed by atoms with Crippen LogP contribution >= 0.6 is 0 Å². The van der Waals surface area contributed by atoms with Crippen LogP contribution in [0.25, 0.3) is 11.4 Å². The summed E-state index contributed by atoms with van der Waals surface area (Å²) in [6.45, 7) is 8.06. The lowest BCUT2D eigenvalue weighted by Crippen LogP contribution is -2.20. The Kier molecular flexibility index (Phi) is 2.84. The zero-order chi connectivity index (χ0) is 13.5. The second-order valence-electron chi connectivity index (χ2n) is 5.50. The minimum absolute atomic E-state index is 0.131. The molecule has 0 atom stereocenters. The van der Waals surface area contributed by atoms with E-state index in [9.17, 15) is 4.79 Å². The highest BCUT2D eigenvalue weighted by molar-refractivity contribution is 5.56. The Morgan fingerprint density at radius 1 is 1.33 bits per heavy atom. The van der Waals surface area contributed by atoms with Crippen molar-refractivity contribution in [2.45, 2.75) is 33.1 Å². The highest BCUT2D eigenvalue weighted by Gasteiger charge is 2.18. The van der Waals surface area contributed by atoms with Crippen LogP contribution in [0, 0.1) is 6.92 Å². The van der Waals surface area contributed by atoms with Gasteiger partial charge < -0.3 is 4.98 Å². The second-order valence-corrected chi connectivity index (χ2v) is 5.50. The molecule has 0 spiro atoms. The Morgan fingerprint density at radius 2 is 2.00 bits per heavy atom. The van der Waals surface area contributed by atoms with E-state index in [4.69, 9.17) is 0 Å². The van der Waals surface area contributed by atoms with Gasteiger partial charge in [0.1, 0.15) is 5.82 Å². The van der Waals surface area contributed by atoms with Gasteiger partial charge in [0, 0.05) is 24.2 Å². The molecule has 0 aliphatic carbocycles. The predicted molar refractivity (Wildman–Crippen MR) is 70.5 cm³/mol. The maximum absolute atomic E-state index is 11.7. The van der Waals surface area contributed by atoms with E-state index in [1.807, 2.05) is 34.7 Å². The molecule has 0 unspecified atom stereocenters. The van der Waals surface area contributed by atoms with Gasteiger partial charge in [-0.15, -0.1) is 0 Å². The first kappa shape index (κ1) is 12.5. The van der Waals surface area contributed by atoms with Crippen molar-refractivity contribution in [2.75, 3.05) is 0 Å². The molecule has 0 amide bonds. The smallest absolute Gasteiger partial charge is 0.251 e. The summed E-state index contributed by atoms with van der Waals surface area (Å²) in [4.78, 5) is 19.0. The second kappa shape index (κ2) is 4.08. The maximum Gasteiger partial charge on any atom is 0.251 e. The van der Waals surface area contributed by atoms with Crippen molar-refractivity contribution < 1.29 is 0 Å². The molecule has 0 saturated heterocycles. The van der Waals surface area contributed by atoms with E-state index in [2.05, 4.69) is 15.1 Å². The van der Waals surface area contributed by atoms with Crippen molar-refractivity contribution in [3.63, 3.8) is 0 Å². The molecular weight excluding hydrogens is 228 g/mol. The lowest BCUT2D eigenvalue weighted by molar-refractivity contribution is 0.566. The van der Waals surface area contributed by atoms with E-state index in [1.165, 1.54) is 0 Å². The summed E-state index contributed by atoms with van der Waals surface area (Å²) in [7, 11) is 1.87. The van der Waals surface area contributed by atoms with E-state index in [0.717, 1.165) is 17.0 Å². The van der Waals surface area contributed by atoms with Gasteiger partial charge in [-0.2, -0.15) is 5.10 Å². The molecule has 0 aliphatic heterocycles. The minimum atomic E-state index is -0.154. The Hall–Kier alpha value is -1.91. The summed E-state index contributed by atoms with van der Waals surface area (Å²) in [6, 6.07) is 1.55. The SMILES string of the molecule is Cc1c(-c2nc(C(C)(C)C)cc(=O)[nH]2)cnn1C. The first-order valence-corrected chi connectivity index (χ1v) is 5.90. The number of nitrogens with zero attached hydrogens (tertiary/aromatic N) is 3. The van der Waals surface area contributed by atoms with Gasteiger partial charge in [0.05, 0.1) is 17.5 Å². The first-order chi connectivity index (χ1) is 8.29. The molecule has 0 saturated carbocycles. The predicted octanol–water partition coefficient (Wildman–Crippen LogP) is 1.78. The van der Waals surface area contributed by atoms with Gasteiger partial charge >= 0.3 is 0 Å². The van der Waals surface area contributed by atoms with E-state index in [-0.39, 0.29) is 11.0 Å². The minimum Gasteiger partial charge on any atom is -0.306 e. The number of aromatic amines is 1. The summed E-state index contributed by atoms with van der Waals surface area (Å²) < 4.78 is 1.76. The van der Waals surface area contributed by atoms with E-state index < -0.39 is 0 Å². The van der Waals surface area contributed by atoms with Crippen LogP contribution in [-0.2, 0) is 12.5 Å². The molecule has 0 aliphatic rings. The fourth-order valence-corrected chi connectivity index (χ4v) is 1.70. The van der Waals surface area contributed by atoms with Crippen LogP contribution in [0.3, 0.4) is 0 Å².